The summed E-state index contributed by atoms with van der Waals surface area (Å²) in [4.78, 5) is 11.7. The maximum absolute atomic E-state index is 11.7. The number of anilines is 1. The molecule has 0 saturated carbocycles. The normalized spacial score (nSPS) is 10.2. The third-order valence-electron chi connectivity index (χ3n) is 2.60. The van der Waals surface area contributed by atoms with Gasteiger partial charge in [-0.05, 0) is 42.0 Å². The van der Waals surface area contributed by atoms with Gasteiger partial charge in [0.25, 0.3) is 0 Å². The number of nitrogens with one attached hydrogen (secondary N) is 1. The average molecular weight is 283 g/mol. The number of nitrogens with zero attached hydrogens (tertiary/aromatic N) is 1. The molecule has 4 heteroatoms. The number of halogens is 1. The van der Waals surface area contributed by atoms with Crippen molar-refractivity contribution in [2.45, 2.75) is 0 Å². The Kier molecular flexibility index (Phi) is 4.54. The van der Waals surface area contributed by atoms with Crippen LogP contribution in [0.3, 0.4) is 0 Å². The van der Waals surface area contributed by atoms with Crippen LogP contribution in [-0.2, 0) is 4.79 Å². The van der Waals surface area contributed by atoms with E-state index in [2.05, 4.69) is 5.32 Å². The highest BCUT2D eigenvalue weighted by atomic mass is 35.5. The summed E-state index contributed by atoms with van der Waals surface area (Å²) in [5, 5.41) is 12.0. The zero-order valence-electron chi connectivity index (χ0n) is 10.5. The summed E-state index contributed by atoms with van der Waals surface area (Å²) in [5.74, 6) is -0.255. The van der Waals surface area contributed by atoms with E-state index in [0.29, 0.717) is 16.3 Å². The smallest absolute Gasteiger partial charge is 0.248 e. The van der Waals surface area contributed by atoms with Crippen molar-refractivity contribution in [3.05, 3.63) is 70.8 Å². The zero-order valence-corrected chi connectivity index (χ0v) is 11.3. The molecule has 1 amide bonds. The van der Waals surface area contributed by atoms with Crippen LogP contribution in [0, 0.1) is 11.3 Å². The molecule has 0 aromatic heterocycles. The van der Waals surface area contributed by atoms with Crippen molar-refractivity contribution in [2.24, 2.45) is 0 Å². The second-order valence-electron chi connectivity index (χ2n) is 4.03. The Bertz CT molecular complexity index is 684. The van der Waals surface area contributed by atoms with Gasteiger partial charge in [0.1, 0.15) is 0 Å². The quantitative estimate of drug-likeness (QED) is 0.869. The van der Waals surface area contributed by atoms with Crippen LogP contribution in [0.15, 0.2) is 54.6 Å². The fraction of sp³-hybridized carbons (Fsp3) is 0. The van der Waals surface area contributed by atoms with Gasteiger partial charge < -0.3 is 5.32 Å². The highest BCUT2D eigenvalue weighted by molar-refractivity contribution is 6.32. The molecule has 0 spiro atoms. The molecule has 0 atom stereocenters. The Balaban J connectivity index is 2.02. The van der Waals surface area contributed by atoms with E-state index >= 15 is 0 Å². The number of hydrogen-bond acceptors (Lipinski definition) is 2. The van der Waals surface area contributed by atoms with Gasteiger partial charge in [-0.2, -0.15) is 5.26 Å². The summed E-state index contributed by atoms with van der Waals surface area (Å²) < 4.78 is 0. The largest absolute Gasteiger partial charge is 0.323 e. The fourth-order valence-corrected chi connectivity index (χ4v) is 1.79. The number of carbonyl (C=O) groups is 1. The molecule has 0 saturated heterocycles. The standard InChI is InChI=1S/C16H11ClN2O/c17-15-4-2-1-3-13(15)7-10-16(20)19-14-8-5-12(11-18)6-9-14/h1-10H,(H,19,20)/b10-7+. The third-order valence-corrected chi connectivity index (χ3v) is 2.95. The van der Waals surface area contributed by atoms with Crippen LogP contribution in [0.4, 0.5) is 5.69 Å². The van der Waals surface area contributed by atoms with Crippen molar-refractivity contribution in [2.75, 3.05) is 5.32 Å². The van der Waals surface area contributed by atoms with Crippen LogP contribution >= 0.6 is 11.6 Å². The minimum Gasteiger partial charge on any atom is -0.323 e. The lowest BCUT2D eigenvalue weighted by molar-refractivity contribution is -0.111. The van der Waals surface area contributed by atoms with Crippen LogP contribution in [0.5, 0.6) is 0 Å². The lowest BCUT2D eigenvalue weighted by atomic mass is 10.2. The first-order valence-corrected chi connectivity index (χ1v) is 6.30. The Morgan fingerprint density at radius 1 is 1.15 bits per heavy atom. The van der Waals surface area contributed by atoms with Gasteiger partial charge >= 0.3 is 0 Å². The molecule has 0 bridgehead atoms. The van der Waals surface area contributed by atoms with Gasteiger partial charge in [-0.3, -0.25) is 4.79 Å². The molecule has 3 nitrogen and oxygen atoms in total. The minimum atomic E-state index is -0.255. The maximum Gasteiger partial charge on any atom is 0.248 e. The number of hydrogen-bond donors (Lipinski definition) is 1. The number of benzene rings is 2. The maximum atomic E-state index is 11.7. The monoisotopic (exact) mass is 282 g/mol. The summed E-state index contributed by atoms with van der Waals surface area (Å²) in [6.07, 6.45) is 3.07. The first-order chi connectivity index (χ1) is 9.69. The summed E-state index contributed by atoms with van der Waals surface area (Å²) >= 11 is 5.99. The molecule has 0 aliphatic carbocycles. The second-order valence-corrected chi connectivity index (χ2v) is 4.44. The van der Waals surface area contributed by atoms with Crippen LogP contribution in [-0.4, -0.2) is 5.91 Å². The highest BCUT2D eigenvalue weighted by Gasteiger charge is 1.99. The number of rotatable bonds is 3. The first kappa shape index (κ1) is 13.9. The van der Waals surface area contributed by atoms with Gasteiger partial charge in [0, 0.05) is 16.8 Å². The Hall–Kier alpha value is -2.57. The number of amides is 1. The molecule has 0 heterocycles. The SMILES string of the molecule is N#Cc1ccc(NC(=O)/C=C/c2ccccc2Cl)cc1. The van der Waals surface area contributed by atoms with E-state index in [9.17, 15) is 4.79 Å². The van der Waals surface area contributed by atoms with Crippen molar-refractivity contribution in [3.63, 3.8) is 0 Å². The van der Waals surface area contributed by atoms with Crippen molar-refractivity contribution in [3.8, 4) is 6.07 Å². The molecule has 98 valence electrons. The van der Waals surface area contributed by atoms with Crippen LogP contribution in [0.2, 0.25) is 5.02 Å². The lowest BCUT2D eigenvalue weighted by Crippen LogP contribution is -2.07. The molecule has 0 aliphatic rings. The predicted octanol–water partition coefficient (Wildman–Crippen LogP) is 3.86. The second kappa shape index (κ2) is 6.55. The predicted molar refractivity (Wildman–Crippen MR) is 80.3 cm³/mol. The first-order valence-electron chi connectivity index (χ1n) is 5.93. The van der Waals surface area contributed by atoms with Crippen LogP contribution < -0.4 is 5.32 Å². The van der Waals surface area contributed by atoms with Crippen molar-refractivity contribution >= 4 is 29.3 Å². The highest BCUT2D eigenvalue weighted by Crippen LogP contribution is 2.16. The molecule has 2 aromatic rings. The zero-order chi connectivity index (χ0) is 14.4. The molecule has 20 heavy (non-hydrogen) atoms. The molecule has 2 aromatic carbocycles. The molecular formula is C16H11ClN2O. The van der Waals surface area contributed by atoms with Gasteiger partial charge in [0.2, 0.25) is 5.91 Å². The van der Waals surface area contributed by atoms with Crippen LogP contribution in [0.1, 0.15) is 11.1 Å². The summed E-state index contributed by atoms with van der Waals surface area (Å²) in [6.45, 7) is 0. The Morgan fingerprint density at radius 2 is 1.85 bits per heavy atom. The minimum absolute atomic E-state index is 0.255. The molecular weight excluding hydrogens is 272 g/mol. The average Bonchev–Trinajstić information content (AvgIpc) is 2.47. The Labute approximate surface area is 122 Å². The van der Waals surface area contributed by atoms with Gasteiger partial charge in [-0.25, -0.2) is 0 Å². The molecule has 1 N–H and O–H groups in total. The summed E-state index contributed by atoms with van der Waals surface area (Å²) in [7, 11) is 0. The van der Waals surface area contributed by atoms with E-state index in [1.165, 1.54) is 6.08 Å². The molecule has 0 aliphatic heterocycles. The Morgan fingerprint density at radius 3 is 2.50 bits per heavy atom. The van der Waals surface area contributed by atoms with E-state index < -0.39 is 0 Å². The van der Waals surface area contributed by atoms with Crippen molar-refractivity contribution in [1.82, 2.24) is 0 Å². The summed E-state index contributed by atoms with van der Waals surface area (Å²) in [6, 6.07) is 15.9. The van der Waals surface area contributed by atoms with Gasteiger partial charge in [-0.1, -0.05) is 29.8 Å². The van der Waals surface area contributed by atoms with Crippen molar-refractivity contribution < 1.29 is 4.79 Å². The third kappa shape index (κ3) is 3.71. The lowest BCUT2D eigenvalue weighted by Gasteiger charge is -2.02. The van der Waals surface area contributed by atoms with E-state index in [-0.39, 0.29) is 5.91 Å². The van der Waals surface area contributed by atoms with Gasteiger partial charge in [0.05, 0.1) is 11.6 Å². The van der Waals surface area contributed by atoms with Crippen molar-refractivity contribution in [1.29, 1.82) is 5.26 Å². The van der Waals surface area contributed by atoms with E-state index in [1.54, 1.807) is 36.4 Å². The van der Waals surface area contributed by atoms with E-state index in [1.807, 2.05) is 24.3 Å². The molecule has 0 unspecified atom stereocenters. The molecule has 2 rings (SSSR count). The molecule has 0 radical (unpaired) electrons. The van der Waals surface area contributed by atoms with E-state index in [4.69, 9.17) is 16.9 Å². The van der Waals surface area contributed by atoms with Gasteiger partial charge in [0.15, 0.2) is 0 Å². The number of carbonyl (C=O) groups excluding carboxylic acids is 1. The van der Waals surface area contributed by atoms with E-state index in [0.717, 1.165) is 5.56 Å². The van der Waals surface area contributed by atoms with Gasteiger partial charge in [-0.15, -0.1) is 0 Å². The number of nitriles is 1. The summed E-state index contributed by atoms with van der Waals surface area (Å²) in [5.41, 5.74) is 1.97. The van der Waals surface area contributed by atoms with Crippen LogP contribution in [0.25, 0.3) is 6.08 Å². The fourth-order valence-electron chi connectivity index (χ4n) is 1.59. The topological polar surface area (TPSA) is 52.9 Å². The molecule has 0 fully saturated rings.